The lowest BCUT2D eigenvalue weighted by Crippen LogP contribution is -2.22. The van der Waals surface area contributed by atoms with Crippen molar-refractivity contribution in [2.24, 2.45) is 0 Å². The van der Waals surface area contributed by atoms with Gasteiger partial charge in [0, 0.05) is 24.0 Å². The van der Waals surface area contributed by atoms with E-state index < -0.39 is 0 Å². The summed E-state index contributed by atoms with van der Waals surface area (Å²) >= 11 is 0. The normalized spacial score (nSPS) is 12.0. The predicted octanol–water partition coefficient (Wildman–Crippen LogP) is 3.02. The Morgan fingerprint density at radius 3 is 2.78 bits per heavy atom. The van der Waals surface area contributed by atoms with Crippen molar-refractivity contribution in [1.29, 1.82) is 0 Å². The molecule has 1 amide bonds. The quantitative estimate of drug-likeness (QED) is 0.771. The summed E-state index contributed by atoms with van der Waals surface area (Å²) in [7, 11) is 0. The largest absolute Gasteiger partial charge is 0.454 e. The lowest BCUT2D eigenvalue weighted by atomic mass is 10.2. The van der Waals surface area contributed by atoms with Gasteiger partial charge in [0.1, 0.15) is 5.82 Å². The second-order valence-electron chi connectivity index (χ2n) is 6.04. The molecule has 136 valence electrons. The van der Waals surface area contributed by atoms with E-state index in [1.54, 1.807) is 30.3 Å². The minimum Gasteiger partial charge on any atom is -0.454 e. The number of nitrogens with zero attached hydrogens (tertiary/aromatic N) is 1. The van der Waals surface area contributed by atoms with E-state index in [1.165, 1.54) is 35.0 Å². The zero-order chi connectivity index (χ0) is 18.8. The van der Waals surface area contributed by atoms with E-state index in [4.69, 9.17) is 9.47 Å². The fourth-order valence-electron chi connectivity index (χ4n) is 2.80. The standard InChI is InChI=1S/C20H15FN2O4/c21-15-3-1-2-13(8-15)10-23-11-14(4-7-19(23)24)20(25)22-16-5-6-17-18(9-16)27-12-26-17/h1-9,11H,10,12H2,(H,22,25). The van der Waals surface area contributed by atoms with Crippen LogP contribution in [0.4, 0.5) is 10.1 Å². The van der Waals surface area contributed by atoms with Gasteiger partial charge in [0.2, 0.25) is 6.79 Å². The Morgan fingerprint density at radius 2 is 1.93 bits per heavy atom. The van der Waals surface area contributed by atoms with Crippen molar-refractivity contribution in [2.75, 3.05) is 12.1 Å². The highest BCUT2D eigenvalue weighted by atomic mass is 19.1. The van der Waals surface area contributed by atoms with Crippen LogP contribution in [0.2, 0.25) is 0 Å². The molecule has 0 saturated heterocycles. The number of benzene rings is 2. The summed E-state index contributed by atoms with van der Waals surface area (Å²) in [5.41, 5.74) is 1.21. The number of amides is 1. The molecule has 2 aromatic carbocycles. The SMILES string of the molecule is O=C(Nc1ccc2c(c1)OCO2)c1ccc(=O)n(Cc2cccc(F)c2)c1. The van der Waals surface area contributed by atoms with Crippen LogP contribution in [0.1, 0.15) is 15.9 Å². The molecule has 0 radical (unpaired) electrons. The molecule has 4 rings (SSSR count). The first-order chi connectivity index (χ1) is 13.1. The molecule has 1 aliphatic heterocycles. The second kappa shape index (κ2) is 6.95. The lowest BCUT2D eigenvalue weighted by Gasteiger charge is -2.10. The van der Waals surface area contributed by atoms with Gasteiger partial charge >= 0.3 is 0 Å². The number of carbonyl (C=O) groups excluding carboxylic acids is 1. The van der Waals surface area contributed by atoms with Gasteiger partial charge in [-0.3, -0.25) is 9.59 Å². The number of hydrogen-bond acceptors (Lipinski definition) is 4. The summed E-state index contributed by atoms with van der Waals surface area (Å²) in [6, 6.07) is 13.8. The molecule has 6 nitrogen and oxygen atoms in total. The number of anilines is 1. The summed E-state index contributed by atoms with van der Waals surface area (Å²) in [6.07, 6.45) is 1.45. The van der Waals surface area contributed by atoms with Gasteiger partial charge in [-0.2, -0.15) is 0 Å². The van der Waals surface area contributed by atoms with E-state index in [0.717, 1.165) is 0 Å². The maximum atomic E-state index is 13.3. The van der Waals surface area contributed by atoms with Crippen LogP contribution in [0.3, 0.4) is 0 Å². The topological polar surface area (TPSA) is 69.6 Å². The van der Waals surface area contributed by atoms with Gasteiger partial charge in [-0.25, -0.2) is 4.39 Å². The van der Waals surface area contributed by atoms with Crippen molar-refractivity contribution in [2.45, 2.75) is 6.54 Å². The summed E-state index contributed by atoms with van der Waals surface area (Å²) in [5.74, 6) is 0.430. The lowest BCUT2D eigenvalue weighted by molar-refractivity contribution is 0.102. The molecular formula is C20H15FN2O4. The average molecular weight is 366 g/mol. The molecule has 2 heterocycles. The van der Waals surface area contributed by atoms with Gasteiger partial charge in [-0.1, -0.05) is 12.1 Å². The van der Waals surface area contributed by atoms with Gasteiger partial charge in [-0.05, 0) is 35.9 Å². The van der Waals surface area contributed by atoms with E-state index in [9.17, 15) is 14.0 Å². The van der Waals surface area contributed by atoms with Crippen molar-refractivity contribution < 1.29 is 18.7 Å². The second-order valence-corrected chi connectivity index (χ2v) is 6.04. The van der Waals surface area contributed by atoms with Crippen LogP contribution in [0.15, 0.2) is 65.6 Å². The molecule has 27 heavy (non-hydrogen) atoms. The van der Waals surface area contributed by atoms with E-state index >= 15 is 0 Å². The number of aromatic nitrogens is 1. The molecule has 0 spiro atoms. The maximum absolute atomic E-state index is 13.3. The van der Waals surface area contributed by atoms with Crippen LogP contribution in [0, 0.1) is 5.82 Å². The molecule has 0 unspecified atom stereocenters. The highest BCUT2D eigenvalue weighted by molar-refractivity contribution is 6.04. The molecule has 3 aromatic rings. The molecule has 1 N–H and O–H groups in total. The molecule has 0 bridgehead atoms. The van der Waals surface area contributed by atoms with Crippen LogP contribution in [-0.4, -0.2) is 17.3 Å². The number of rotatable bonds is 4. The van der Waals surface area contributed by atoms with Gasteiger partial charge in [0.25, 0.3) is 11.5 Å². The Balaban J connectivity index is 1.55. The van der Waals surface area contributed by atoms with E-state index in [1.807, 2.05) is 0 Å². The number of ether oxygens (including phenoxy) is 2. The Labute approximate surface area is 153 Å². The van der Waals surface area contributed by atoms with Crippen molar-refractivity contribution in [1.82, 2.24) is 4.57 Å². The Kier molecular flexibility index (Phi) is 4.33. The van der Waals surface area contributed by atoms with Crippen LogP contribution < -0.4 is 20.3 Å². The van der Waals surface area contributed by atoms with Crippen LogP contribution in [-0.2, 0) is 6.54 Å². The zero-order valence-corrected chi connectivity index (χ0v) is 14.1. The van der Waals surface area contributed by atoms with Gasteiger partial charge < -0.3 is 19.4 Å². The maximum Gasteiger partial charge on any atom is 0.257 e. The summed E-state index contributed by atoms with van der Waals surface area (Å²) < 4.78 is 25.2. The zero-order valence-electron chi connectivity index (χ0n) is 14.1. The average Bonchev–Trinajstić information content (AvgIpc) is 3.11. The minimum absolute atomic E-state index is 0.151. The van der Waals surface area contributed by atoms with Gasteiger partial charge in [-0.15, -0.1) is 0 Å². The predicted molar refractivity (Wildman–Crippen MR) is 96.7 cm³/mol. The van der Waals surface area contributed by atoms with Crippen molar-refractivity contribution in [3.05, 3.63) is 88.1 Å². The number of fused-ring (bicyclic) bond motifs is 1. The minimum atomic E-state index is -0.378. The van der Waals surface area contributed by atoms with E-state index in [0.29, 0.717) is 28.3 Å². The first-order valence-corrected chi connectivity index (χ1v) is 8.24. The highest BCUT2D eigenvalue weighted by Crippen LogP contribution is 2.34. The third-order valence-electron chi connectivity index (χ3n) is 4.12. The fraction of sp³-hybridized carbons (Fsp3) is 0.100. The Bertz CT molecular complexity index is 1080. The van der Waals surface area contributed by atoms with Gasteiger partial charge in [0.15, 0.2) is 11.5 Å². The third kappa shape index (κ3) is 3.67. The first-order valence-electron chi connectivity index (χ1n) is 8.24. The number of nitrogens with one attached hydrogen (secondary N) is 1. The van der Waals surface area contributed by atoms with Crippen molar-refractivity contribution in [3.8, 4) is 11.5 Å². The van der Waals surface area contributed by atoms with Crippen molar-refractivity contribution >= 4 is 11.6 Å². The Morgan fingerprint density at radius 1 is 1.07 bits per heavy atom. The molecule has 0 aliphatic carbocycles. The summed E-state index contributed by atoms with van der Waals surface area (Å²) in [6.45, 7) is 0.319. The van der Waals surface area contributed by atoms with E-state index in [2.05, 4.69) is 5.32 Å². The highest BCUT2D eigenvalue weighted by Gasteiger charge is 2.15. The van der Waals surface area contributed by atoms with Crippen molar-refractivity contribution in [3.63, 3.8) is 0 Å². The molecule has 1 aromatic heterocycles. The number of pyridine rings is 1. The number of halogens is 1. The monoisotopic (exact) mass is 366 g/mol. The third-order valence-corrected chi connectivity index (χ3v) is 4.12. The van der Waals surface area contributed by atoms with E-state index in [-0.39, 0.29) is 30.6 Å². The molecule has 0 saturated carbocycles. The number of hydrogen-bond donors (Lipinski definition) is 1. The molecule has 1 aliphatic rings. The number of carbonyl (C=O) groups is 1. The first kappa shape index (κ1) is 16.8. The molecule has 0 atom stereocenters. The Hall–Kier alpha value is -3.61. The smallest absolute Gasteiger partial charge is 0.257 e. The van der Waals surface area contributed by atoms with Crippen LogP contribution in [0.5, 0.6) is 11.5 Å². The molecule has 0 fully saturated rings. The molecule has 7 heteroatoms. The van der Waals surface area contributed by atoms with Crippen LogP contribution >= 0.6 is 0 Å². The summed E-state index contributed by atoms with van der Waals surface area (Å²) in [5, 5.41) is 2.76. The fourth-order valence-corrected chi connectivity index (χ4v) is 2.80. The molecular weight excluding hydrogens is 351 g/mol. The van der Waals surface area contributed by atoms with Gasteiger partial charge in [0.05, 0.1) is 12.1 Å². The summed E-state index contributed by atoms with van der Waals surface area (Å²) in [4.78, 5) is 24.6. The van der Waals surface area contributed by atoms with Crippen LogP contribution in [0.25, 0.3) is 0 Å².